The Morgan fingerprint density at radius 2 is 2.24 bits per heavy atom. The predicted octanol–water partition coefficient (Wildman–Crippen LogP) is 2.62. The van der Waals surface area contributed by atoms with Gasteiger partial charge in [0.15, 0.2) is 0 Å². The van der Waals surface area contributed by atoms with Crippen molar-refractivity contribution in [2.24, 2.45) is 11.8 Å². The third-order valence-electron chi connectivity index (χ3n) is 3.96. The monoisotopic (exact) mass is 232 g/mol. The first-order valence-corrected chi connectivity index (χ1v) is 6.36. The molecule has 0 saturated carbocycles. The number of allylic oxidation sites excluding steroid dienone is 1. The summed E-state index contributed by atoms with van der Waals surface area (Å²) < 4.78 is 13.2. The molecule has 1 fully saturated rings. The van der Waals surface area contributed by atoms with Gasteiger partial charge >= 0.3 is 0 Å². The summed E-state index contributed by atoms with van der Waals surface area (Å²) in [4.78, 5) is 3.96. The van der Waals surface area contributed by atoms with Gasteiger partial charge in [-0.05, 0) is 54.8 Å². The zero-order valence-corrected chi connectivity index (χ0v) is 9.82. The summed E-state index contributed by atoms with van der Waals surface area (Å²) in [6, 6.07) is 1.61. The minimum Gasteiger partial charge on any atom is -0.316 e. The molecule has 2 heterocycles. The SMILES string of the molecule is Fc1cncc(C2=CCCC3CCNCC23)c1. The summed E-state index contributed by atoms with van der Waals surface area (Å²) in [6.07, 6.45) is 8.95. The number of piperidine rings is 1. The molecule has 2 atom stereocenters. The highest BCUT2D eigenvalue weighted by Gasteiger charge is 2.30. The molecule has 0 amide bonds. The molecular weight excluding hydrogens is 215 g/mol. The van der Waals surface area contributed by atoms with Gasteiger partial charge < -0.3 is 5.32 Å². The van der Waals surface area contributed by atoms with Gasteiger partial charge in [-0.3, -0.25) is 4.98 Å². The molecule has 1 aromatic rings. The third-order valence-corrected chi connectivity index (χ3v) is 3.96. The Labute approximate surface area is 101 Å². The van der Waals surface area contributed by atoms with E-state index in [2.05, 4.69) is 16.4 Å². The number of rotatable bonds is 1. The Morgan fingerprint density at radius 1 is 1.29 bits per heavy atom. The van der Waals surface area contributed by atoms with Gasteiger partial charge in [0.25, 0.3) is 0 Å². The molecule has 3 heteroatoms. The van der Waals surface area contributed by atoms with Crippen molar-refractivity contribution in [1.82, 2.24) is 10.3 Å². The summed E-state index contributed by atoms with van der Waals surface area (Å²) in [5.41, 5.74) is 2.25. The quantitative estimate of drug-likeness (QED) is 0.805. The highest BCUT2D eigenvalue weighted by molar-refractivity contribution is 5.68. The van der Waals surface area contributed by atoms with Crippen molar-refractivity contribution in [2.75, 3.05) is 13.1 Å². The fourth-order valence-electron chi connectivity index (χ4n) is 3.13. The minimum atomic E-state index is -0.241. The number of hydrogen-bond acceptors (Lipinski definition) is 2. The maximum absolute atomic E-state index is 13.2. The molecule has 2 unspecified atom stereocenters. The van der Waals surface area contributed by atoms with Crippen LogP contribution in [-0.2, 0) is 0 Å². The van der Waals surface area contributed by atoms with E-state index >= 15 is 0 Å². The van der Waals surface area contributed by atoms with Gasteiger partial charge in [0.1, 0.15) is 5.82 Å². The molecule has 90 valence electrons. The largest absolute Gasteiger partial charge is 0.316 e. The second kappa shape index (κ2) is 4.57. The maximum Gasteiger partial charge on any atom is 0.142 e. The molecule has 1 N–H and O–H groups in total. The van der Waals surface area contributed by atoms with E-state index in [0.717, 1.165) is 31.0 Å². The van der Waals surface area contributed by atoms with Crippen LogP contribution in [-0.4, -0.2) is 18.1 Å². The average Bonchev–Trinajstić information content (AvgIpc) is 2.38. The van der Waals surface area contributed by atoms with Crippen LogP contribution >= 0.6 is 0 Å². The highest BCUT2D eigenvalue weighted by Crippen LogP contribution is 2.39. The molecule has 1 saturated heterocycles. The standard InChI is InChI=1S/C14H17FN2/c15-12-6-11(7-17-8-12)13-3-1-2-10-4-5-16-9-14(10)13/h3,6-8,10,14,16H,1-2,4-5,9H2. The fourth-order valence-corrected chi connectivity index (χ4v) is 3.13. The Morgan fingerprint density at radius 3 is 3.12 bits per heavy atom. The molecule has 1 aliphatic heterocycles. The summed E-state index contributed by atoms with van der Waals surface area (Å²) in [7, 11) is 0. The van der Waals surface area contributed by atoms with Gasteiger partial charge in [-0.25, -0.2) is 4.39 Å². The lowest BCUT2D eigenvalue weighted by molar-refractivity contribution is 0.285. The van der Waals surface area contributed by atoms with Crippen LogP contribution in [0.4, 0.5) is 4.39 Å². The Bertz CT molecular complexity index is 442. The highest BCUT2D eigenvalue weighted by atomic mass is 19.1. The van der Waals surface area contributed by atoms with Crippen LogP contribution < -0.4 is 5.32 Å². The van der Waals surface area contributed by atoms with Crippen LogP contribution in [0.15, 0.2) is 24.5 Å². The first-order valence-electron chi connectivity index (χ1n) is 6.36. The second-order valence-corrected chi connectivity index (χ2v) is 4.99. The van der Waals surface area contributed by atoms with Crippen molar-refractivity contribution in [1.29, 1.82) is 0 Å². The summed E-state index contributed by atoms with van der Waals surface area (Å²) in [6.45, 7) is 2.14. The molecule has 0 aromatic carbocycles. The summed E-state index contributed by atoms with van der Waals surface area (Å²) in [5, 5.41) is 3.44. The van der Waals surface area contributed by atoms with Crippen molar-refractivity contribution < 1.29 is 4.39 Å². The molecule has 17 heavy (non-hydrogen) atoms. The molecule has 1 aromatic heterocycles. The third kappa shape index (κ3) is 2.12. The van der Waals surface area contributed by atoms with E-state index in [1.54, 1.807) is 12.3 Å². The van der Waals surface area contributed by atoms with Crippen LogP contribution in [0.3, 0.4) is 0 Å². The van der Waals surface area contributed by atoms with E-state index in [-0.39, 0.29) is 5.82 Å². The first-order chi connectivity index (χ1) is 8.34. The van der Waals surface area contributed by atoms with Gasteiger partial charge in [0, 0.05) is 12.7 Å². The molecule has 2 aliphatic rings. The normalized spacial score (nSPS) is 28.4. The van der Waals surface area contributed by atoms with E-state index in [4.69, 9.17) is 0 Å². The van der Waals surface area contributed by atoms with Crippen LogP contribution in [0.1, 0.15) is 24.8 Å². The number of nitrogens with one attached hydrogen (secondary N) is 1. The van der Waals surface area contributed by atoms with E-state index in [9.17, 15) is 4.39 Å². The number of hydrogen-bond donors (Lipinski definition) is 1. The lowest BCUT2D eigenvalue weighted by Gasteiger charge is -2.37. The minimum absolute atomic E-state index is 0.241. The lowest BCUT2D eigenvalue weighted by Crippen LogP contribution is -2.38. The van der Waals surface area contributed by atoms with Crippen molar-refractivity contribution in [3.63, 3.8) is 0 Å². The molecule has 2 nitrogen and oxygen atoms in total. The molecule has 0 bridgehead atoms. The van der Waals surface area contributed by atoms with Crippen LogP contribution in [0, 0.1) is 17.7 Å². The molecule has 0 spiro atoms. The van der Waals surface area contributed by atoms with E-state index in [1.165, 1.54) is 24.6 Å². The summed E-state index contributed by atoms with van der Waals surface area (Å²) >= 11 is 0. The predicted molar refractivity (Wildman–Crippen MR) is 65.9 cm³/mol. The van der Waals surface area contributed by atoms with Crippen molar-refractivity contribution in [3.05, 3.63) is 35.9 Å². The Balaban J connectivity index is 1.93. The Kier molecular flexibility index (Phi) is 2.93. The zero-order valence-electron chi connectivity index (χ0n) is 9.82. The number of pyridine rings is 1. The molecule has 3 rings (SSSR count). The van der Waals surface area contributed by atoms with Crippen molar-refractivity contribution in [2.45, 2.75) is 19.3 Å². The van der Waals surface area contributed by atoms with E-state index in [0.29, 0.717) is 5.92 Å². The molecule has 1 aliphatic carbocycles. The maximum atomic E-state index is 13.2. The molecule has 0 radical (unpaired) electrons. The number of halogens is 1. The number of fused-ring (bicyclic) bond motifs is 1. The van der Waals surface area contributed by atoms with Gasteiger partial charge in [0.05, 0.1) is 6.20 Å². The summed E-state index contributed by atoms with van der Waals surface area (Å²) in [5.74, 6) is 1.06. The van der Waals surface area contributed by atoms with Crippen LogP contribution in [0.2, 0.25) is 0 Å². The van der Waals surface area contributed by atoms with Crippen molar-refractivity contribution >= 4 is 5.57 Å². The first kappa shape index (κ1) is 10.9. The fraction of sp³-hybridized carbons (Fsp3) is 0.500. The van der Waals surface area contributed by atoms with Crippen LogP contribution in [0.25, 0.3) is 5.57 Å². The second-order valence-electron chi connectivity index (χ2n) is 4.99. The zero-order chi connectivity index (χ0) is 11.7. The van der Waals surface area contributed by atoms with Crippen molar-refractivity contribution in [3.8, 4) is 0 Å². The average molecular weight is 232 g/mol. The van der Waals surface area contributed by atoms with Gasteiger partial charge in [-0.15, -0.1) is 0 Å². The van der Waals surface area contributed by atoms with Gasteiger partial charge in [-0.2, -0.15) is 0 Å². The lowest BCUT2D eigenvalue weighted by atomic mass is 9.73. The Hall–Kier alpha value is -1.22. The van der Waals surface area contributed by atoms with Gasteiger partial charge in [-0.1, -0.05) is 6.08 Å². The van der Waals surface area contributed by atoms with Gasteiger partial charge in [0.2, 0.25) is 0 Å². The van der Waals surface area contributed by atoms with E-state index < -0.39 is 0 Å². The number of aromatic nitrogens is 1. The number of nitrogens with zero attached hydrogens (tertiary/aromatic N) is 1. The topological polar surface area (TPSA) is 24.9 Å². The van der Waals surface area contributed by atoms with Crippen LogP contribution in [0.5, 0.6) is 0 Å². The molecular formula is C14H17FN2. The smallest absolute Gasteiger partial charge is 0.142 e. The van der Waals surface area contributed by atoms with E-state index in [1.807, 2.05) is 0 Å².